The fraction of sp³-hybridized carbons (Fsp3) is 0.486. The Hall–Kier alpha value is -2.51. The number of Topliss-reactive ketones (excluding diaryl/α,β-unsaturated/α-hetero) is 1. The minimum Gasteiger partial charge on any atom is -0.507 e. The molecular formula is C35H56NO2P. The van der Waals surface area contributed by atoms with Gasteiger partial charge < -0.3 is 5.11 Å². The molecule has 2 atom stereocenters. The maximum absolute atomic E-state index is 11.7. The number of phenolic OH excluding ortho intramolecular Hbond substituents is 1. The summed E-state index contributed by atoms with van der Waals surface area (Å²) < 4.78 is 0. The van der Waals surface area contributed by atoms with Crippen LogP contribution in [0.3, 0.4) is 0 Å². The smallest absolute Gasteiger partial charge is 0.136 e. The molecule has 218 valence electrons. The molecule has 3 nitrogen and oxygen atoms in total. The lowest BCUT2D eigenvalue weighted by Gasteiger charge is -2.08. The largest absolute Gasteiger partial charge is 0.507 e. The lowest BCUT2D eigenvalue weighted by Crippen LogP contribution is -2.01. The molecule has 1 rings (SSSR count). The molecule has 0 bridgehead atoms. The molecule has 0 saturated heterocycles. The second-order valence-electron chi connectivity index (χ2n) is 9.73. The second-order valence-corrected chi connectivity index (χ2v) is 10.8. The van der Waals surface area contributed by atoms with Crippen molar-refractivity contribution in [2.45, 2.75) is 101 Å². The summed E-state index contributed by atoms with van der Waals surface area (Å²) in [6, 6.07) is 7.27. The van der Waals surface area contributed by atoms with Crippen molar-refractivity contribution in [3.8, 4) is 5.75 Å². The van der Waals surface area contributed by atoms with E-state index in [1.54, 1.807) is 6.07 Å². The van der Waals surface area contributed by atoms with E-state index in [1.807, 2.05) is 97.0 Å². The number of phenols is 1. The third kappa shape index (κ3) is 19.2. The number of para-hydroxylation sites is 1. The Morgan fingerprint density at radius 1 is 1.13 bits per heavy atom. The van der Waals surface area contributed by atoms with Crippen LogP contribution in [0.2, 0.25) is 0 Å². The van der Waals surface area contributed by atoms with Gasteiger partial charge in [0.25, 0.3) is 0 Å². The highest BCUT2D eigenvalue weighted by Crippen LogP contribution is 2.26. The monoisotopic (exact) mass is 553 g/mol. The molecule has 0 spiro atoms. The van der Waals surface area contributed by atoms with Crippen molar-refractivity contribution in [3.05, 3.63) is 88.9 Å². The molecule has 0 aliphatic heterocycles. The number of benzene rings is 1. The average molecular weight is 554 g/mol. The van der Waals surface area contributed by atoms with Gasteiger partial charge in [0.2, 0.25) is 0 Å². The summed E-state index contributed by atoms with van der Waals surface area (Å²) in [5.41, 5.74) is 4.76. The van der Waals surface area contributed by atoms with Gasteiger partial charge in [-0.15, -0.1) is 0 Å². The Bertz CT molecular complexity index is 992. The molecule has 0 saturated carbocycles. The third-order valence-electron chi connectivity index (χ3n) is 5.74. The van der Waals surface area contributed by atoms with Gasteiger partial charge in [-0.3, -0.25) is 9.79 Å². The van der Waals surface area contributed by atoms with Crippen molar-refractivity contribution in [1.29, 1.82) is 0 Å². The molecule has 0 fully saturated rings. The van der Waals surface area contributed by atoms with Crippen LogP contribution < -0.4 is 0 Å². The zero-order valence-corrected chi connectivity index (χ0v) is 27.5. The first-order valence-corrected chi connectivity index (χ1v) is 15.9. The maximum Gasteiger partial charge on any atom is 0.136 e. The van der Waals surface area contributed by atoms with Gasteiger partial charge >= 0.3 is 0 Å². The number of aromatic hydroxyl groups is 1. The van der Waals surface area contributed by atoms with Crippen LogP contribution in [-0.4, -0.2) is 23.3 Å². The van der Waals surface area contributed by atoms with Crippen LogP contribution >= 0.6 is 8.58 Å². The molecule has 0 aliphatic rings. The number of ketones is 1. The van der Waals surface area contributed by atoms with Crippen LogP contribution in [0.4, 0.5) is 0 Å². The molecule has 0 radical (unpaired) electrons. The van der Waals surface area contributed by atoms with E-state index in [9.17, 15) is 9.90 Å². The van der Waals surface area contributed by atoms with Crippen LogP contribution in [-0.2, 0) is 4.79 Å². The third-order valence-corrected chi connectivity index (χ3v) is 6.84. The lowest BCUT2D eigenvalue weighted by molar-refractivity contribution is -0.118. The van der Waals surface area contributed by atoms with Crippen LogP contribution in [0.15, 0.2) is 88.4 Å². The summed E-state index contributed by atoms with van der Waals surface area (Å²) >= 11 is 0. The zero-order chi connectivity index (χ0) is 30.2. The molecular weight excluding hydrogens is 497 g/mol. The molecule has 0 amide bonds. The minimum atomic E-state index is 0.246. The quantitative estimate of drug-likeness (QED) is 0.141. The topological polar surface area (TPSA) is 49.7 Å². The zero-order valence-electron chi connectivity index (χ0n) is 26.5. The first-order valence-electron chi connectivity index (χ1n) is 14.4. The van der Waals surface area contributed by atoms with E-state index in [4.69, 9.17) is 0 Å². The highest BCUT2D eigenvalue weighted by atomic mass is 31.1. The molecule has 4 heteroatoms. The summed E-state index contributed by atoms with van der Waals surface area (Å²) in [6.45, 7) is 24.5. The number of carbonyl (C=O) groups is 1. The van der Waals surface area contributed by atoms with Crippen molar-refractivity contribution in [3.63, 3.8) is 0 Å². The number of aliphatic imine (C=N–C) groups is 1. The summed E-state index contributed by atoms with van der Waals surface area (Å²) in [5, 5.41) is 11.2. The summed E-state index contributed by atoms with van der Waals surface area (Å²) in [4.78, 5) is 16.4. The number of hydrogen-bond donors (Lipinski definition) is 1. The van der Waals surface area contributed by atoms with Crippen LogP contribution in [0.25, 0.3) is 0 Å². The van der Waals surface area contributed by atoms with Crippen LogP contribution in [0.5, 0.6) is 5.75 Å². The maximum atomic E-state index is 11.7. The van der Waals surface area contributed by atoms with Gasteiger partial charge in [0.15, 0.2) is 0 Å². The highest BCUT2D eigenvalue weighted by molar-refractivity contribution is 7.42. The fourth-order valence-corrected chi connectivity index (χ4v) is 4.43. The van der Waals surface area contributed by atoms with E-state index < -0.39 is 0 Å². The average Bonchev–Trinajstić information content (AvgIpc) is 2.89. The van der Waals surface area contributed by atoms with E-state index in [0.29, 0.717) is 20.8 Å². The molecule has 1 aromatic rings. The SMILES string of the molecule is C/C=C\C=C(/C)CC(=O)CCCC(C)CCC.C=C/C(PC)=C(\C)N=C(C=C(C)C)c1ccccc1O.CC. The first kappa shape index (κ1) is 38.6. The normalized spacial score (nSPS) is 13.2. The molecule has 1 N–H and O–H groups in total. The van der Waals surface area contributed by atoms with Gasteiger partial charge in [0.05, 0.1) is 5.71 Å². The molecule has 2 unspecified atom stereocenters. The summed E-state index contributed by atoms with van der Waals surface area (Å²) in [6.07, 6.45) is 16.0. The number of allylic oxidation sites excluding steroid dienone is 9. The van der Waals surface area contributed by atoms with E-state index in [1.165, 1.54) is 19.3 Å². The van der Waals surface area contributed by atoms with E-state index in [0.717, 1.165) is 52.2 Å². The summed E-state index contributed by atoms with van der Waals surface area (Å²) in [5.74, 6) is 1.40. The fourth-order valence-electron chi connectivity index (χ4n) is 3.81. The Kier molecular flexibility index (Phi) is 24.3. The molecule has 1 aromatic carbocycles. The van der Waals surface area contributed by atoms with E-state index in [2.05, 4.69) is 32.1 Å². The summed E-state index contributed by atoms with van der Waals surface area (Å²) in [7, 11) is 0.651. The van der Waals surface area contributed by atoms with Crippen molar-refractivity contribution in [2.75, 3.05) is 6.66 Å². The molecule has 0 aliphatic carbocycles. The number of nitrogens with zero attached hydrogens (tertiary/aromatic N) is 1. The number of hydrogen-bond acceptors (Lipinski definition) is 3. The highest BCUT2D eigenvalue weighted by Gasteiger charge is 2.07. The lowest BCUT2D eigenvalue weighted by atomic mass is 9.97. The van der Waals surface area contributed by atoms with Crippen LogP contribution in [0.1, 0.15) is 106 Å². The van der Waals surface area contributed by atoms with Crippen molar-refractivity contribution < 1.29 is 9.90 Å². The molecule has 0 heterocycles. The van der Waals surface area contributed by atoms with E-state index >= 15 is 0 Å². The van der Waals surface area contributed by atoms with Gasteiger partial charge in [-0.1, -0.05) is 110 Å². The van der Waals surface area contributed by atoms with Crippen molar-refractivity contribution in [1.82, 2.24) is 0 Å². The Labute approximate surface area is 242 Å². The Morgan fingerprint density at radius 3 is 2.28 bits per heavy atom. The first-order chi connectivity index (χ1) is 18.6. The van der Waals surface area contributed by atoms with Gasteiger partial charge in [0, 0.05) is 24.1 Å². The Balaban J connectivity index is 0. The van der Waals surface area contributed by atoms with Crippen molar-refractivity contribution >= 4 is 20.1 Å². The number of carbonyl (C=O) groups excluding carboxylic acids is 1. The van der Waals surface area contributed by atoms with Gasteiger partial charge in [-0.05, 0) is 77.1 Å². The number of rotatable bonds is 14. The molecule has 0 aromatic heterocycles. The second kappa shape index (κ2) is 24.5. The van der Waals surface area contributed by atoms with Crippen molar-refractivity contribution in [2.24, 2.45) is 10.9 Å². The minimum absolute atomic E-state index is 0.246. The van der Waals surface area contributed by atoms with E-state index in [-0.39, 0.29) is 5.75 Å². The standard InChI is InChI=1S/C17H22NOP.C16H28O.C2H6/c1-6-17(20-5)13(4)18-15(11-12(2)3)14-9-7-8-10-16(14)19;1-5-7-10-15(4)13-16(17)12-8-11-14(3)9-6-2;1-2/h6-11,19-20H,1H2,2-5H3;5,7,10,14H,6,8-9,11-13H2,1-4H3;1-2H3/b17-13-,18-15?;7-5-,15-10+;. The Morgan fingerprint density at radius 2 is 1.77 bits per heavy atom. The van der Waals surface area contributed by atoms with Gasteiger partial charge in [-0.25, -0.2) is 0 Å². The predicted molar refractivity (Wildman–Crippen MR) is 179 cm³/mol. The van der Waals surface area contributed by atoms with Gasteiger partial charge in [0.1, 0.15) is 11.5 Å². The van der Waals surface area contributed by atoms with Gasteiger partial charge in [-0.2, -0.15) is 0 Å². The van der Waals surface area contributed by atoms with Crippen LogP contribution in [0, 0.1) is 5.92 Å². The predicted octanol–water partition coefficient (Wildman–Crippen LogP) is 11.0. The molecule has 39 heavy (non-hydrogen) atoms.